The minimum Gasteiger partial charge on any atom is -0.489 e. The summed E-state index contributed by atoms with van der Waals surface area (Å²) in [6.45, 7) is 4.30. The van der Waals surface area contributed by atoms with Crippen LogP contribution in [0.3, 0.4) is 0 Å². The van der Waals surface area contributed by atoms with Crippen LogP contribution < -0.4 is 4.74 Å². The first kappa shape index (κ1) is 11.3. The fourth-order valence-electron chi connectivity index (χ4n) is 1.73. The Bertz CT molecular complexity index is 364. The van der Waals surface area contributed by atoms with Crippen LogP contribution in [0.4, 0.5) is 0 Å². The van der Waals surface area contributed by atoms with E-state index in [1.165, 1.54) is 0 Å². The van der Waals surface area contributed by atoms with Gasteiger partial charge in [-0.3, -0.25) is 0 Å². The Morgan fingerprint density at radius 1 is 1.40 bits per heavy atom. The van der Waals surface area contributed by atoms with Crippen molar-refractivity contribution >= 4 is 27.5 Å². The summed E-state index contributed by atoms with van der Waals surface area (Å²) in [4.78, 5) is 0. The van der Waals surface area contributed by atoms with Crippen molar-refractivity contribution in [1.82, 2.24) is 0 Å². The lowest BCUT2D eigenvalue weighted by Gasteiger charge is -2.48. The van der Waals surface area contributed by atoms with Crippen molar-refractivity contribution in [2.24, 2.45) is 5.41 Å². The summed E-state index contributed by atoms with van der Waals surface area (Å²) in [5, 5.41) is 0.227. The van der Waals surface area contributed by atoms with Gasteiger partial charge in [-0.2, -0.15) is 0 Å². The average Bonchev–Trinajstić information content (AvgIpc) is 2.20. The van der Waals surface area contributed by atoms with Gasteiger partial charge in [-0.1, -0.05) is 26.0 Å². The molecule has 1 aliphatic carbocycles. The van der Waals surface area contributed by atoms with E-state index in [1.54, 1.807) is 0 Å². The van der Waals surface area contributed by atoms with Gasteiger partial charge in [-0.15, -0.1) is 11.6 Å². The highest BCUT2D eigenvalue weighted by Gasteiger charge is 2.49. The standard InChI is InChI=1S/C12H14BrClO/c1-12(2)10(14)7-11(12)15-9-6-4-3-5-8(9)13/h3-6,10-11H,7H2,1-2H3. The maximum Gasteiger partial charge on any atom is 0.133 e. The van der Waals surface area contributed by atoms with Gasteiger partial charge in [-0.05, 0) is 28.1 Å². The number of benzene rings is 1. The highest BCUT2D eigenvalue weighted by atomic mass is 79.9. The van der Waals surface area contributed by atoms with E-state index in [2.05, 4.69) is 29.8 Å². The van der Waals surface area contributed by atoms with E-state index in [0.717, 1.165) is 16.6 Å². The summed E-state index contributed by atoms with van der Waals surface area (Å²) in [5.41, 5.74) is 0.0663. The van der Waals surface area contributed by atoms with Crippen LogP contribution in [0.5, 0.6) is 5.75 Å². The second-order valence-corrected chi connectivity index (χ2v) is 5.94. The lowest BCUT2D eigenvalue weighted by molar-refractivity contribution is -0.0135. The third kappa shape index (κ3) is 2.02. The van der Waals surface area contributed by atoms with Crippen molar-refractivity contribution in [2.45, 2.75) is 31.7 Å². The second-order valence-electron chi connectivity index (χ2n) is 4.56. The topological polar surface area (TPSA) is 9.23 Å². The molecule has 0 radical (unpaired) electrons. The van der Waals surface area contributed by atoms with Crippen LogP contribution in [0.1, 0.15) is 20.3 Å². The molecule has 0 aromatic heterocycles. The molecular weight excluding hydrogens is 275 g/mol. The van der Waals surface area contributed by atoms with Crippen LogP contribution in [-0.2, 0) is 0 Å². The summed E-state index contributed by atoms with van der Waals surface area (Å²) < 4.78 is 6.93. The molecule has 1 aromatic carbocycles. The largest absolute Gasteiger partial charge is 0.489 e. The Morgan fingerprint density at radius 3 is 2.60 bits per heavy atom. The van der Waals surface area contributed by atoms with E-state index in [-0.39, 0.29) is 16.9 Å². The first-order valence-electron chi connectivity index (χ1n) is 5.07. The molecule has 2 rings (SSSR count). The van der Waals surface area contributed by atoms with Crippen molar-refractivity contribution in [2.75, 3.05) is 0 Å². The molecule has 0 amide bonds. The van der Waals surface area contributed by atoms with Gasteiger partial charge in [0.05, 0.1) is 4.47 Å². The Morgan fingerprint density at radius 2 is 2.07 bits per heavy atom. The molecule has 1 fully saturated rings. The van der Waals surface area contributed by atoms with Crippen molar-refractivity contribution in [3.05, 3.63) is 28.7 Å². The van der Waals surface area contributed by atoms with Gasteiger partial charge in [0.15, 0.2) is 0 Å². The van der Waals surface area contributed by atoms with Gasteiger partial charge in [0.1, 0.15) is 11.9 Å². The van der Waals surface area contributed by atoms with E-state index < -0.39 is 0 Å². The molecule has 0 heterocycles. The van der Waals surface area contributed by atoms with Crippen LogP contribution in [0.2, 0.25) is 0 Å². The Kier molecular flexibility index (Phi) is 3.00. The van der Waals surface area contributed by atoms with E-state index in [9.17, 15) is 0 Å². The zero-order valence-electron chi connectivity index (χ0n) is 8.84. The smallest absolute Gasteiger partial charge is 0.133 e. The average molecular weight is 290 g/mol. The zero-order chi connectivity index (χ0) is 11.1. The van der Waals surface area contributed by atoms with Crippen LogP contribution in [-0.4, -0.2) is 11.5 Å². The molecule has 15 heavy (non-hydrogen) atoms. The molecule has 1 aliphatic rings. The first-order chi connectivity index (χ1) is 7.01. The number of hydrogen-bond acceptors (Lipinski definition) is 1. The van der Waals surface area contributed by atoms with Gasteiger partial charge in [0.25, 0.3) is 0 Å². The molecule has 0 aliphatic heterocycles. The minimum absolute atomic E-state index is 0.0663. The van der Waals surface area contributed by atoms with E-state index >= 15 is 0 Å². The van der Waals surface area contributed by atoms with Crippen LogP contribution in [0, 0.1) is 5.41 Å². The number of alkyl halides is 1. The number of rotatable bonds is 2. The predicted octanol–water partition coefficient (Wildman–Crippen LogP) is 4.23. The molecule has 1 aromatic rings. The third-order valence-corrected chi connectivity index (χ3v) is 4.56. The molecule has 82 valence electrons. The number of halogens is 2. The molecule has 0 bridgehead atoms. The van der Waals surface area contributed by atoms with Crippen molar-refractivity contribution < 1.29 is 4.74 Å². The molecule has 1 nitrogen and oxygen atoms in total. The van der Waals surface area contributed by atoms with Gasteiger partial charge < -0.3 is 4.74 Å². The number of para-hydroxylation sites is 1. The summed E-state index contributed by atoms with van der Waals surface area (Å²) in [6, 6.07) is 7.91. The minimum atomic E-state index is 0.0663. The lowest BCUT2D eigenvalue weighted by Crippen LogP contribution is -2.53. The Labute approximate surface area is 104 Å². The number of hydrogen-bond donors (Lipinski definition) is 0. The Balaban J connectivity index is 2.08. The maximum absolute atomic E-state index is 6.15. The molecule has 0 N–H and O–H groups in total. The molecule has 3 heteroatoms. The summed E-state index contributed by atoms with van der Waals surface area (Å²) in [6.07, 6.45) is 1.15. The fraction of sp³-hybridized carbons (Fsp3) is 0.500. The third-order valence-electron chi connectivity index (χ3n) is 3.16. The second kappa shape index (κ2) is 3.99. The summed E-state index contributed by atoms with van der Waals surface area (Å²) >= 11 is 9.62. The lowest BCUT2D eigenvalue weighted by atomic mass is 9.68. The zero-order valence-corrected chi connectivity index (χ0v) is 11.2. The first-order valence-corrected chi connectivity index (χ1v) is 6.30. The molecule has 1 saturated carbocycles. The van der Waals surface area contributed by atoms with Gasteiger partial charge in [0.2, 0.25) is 0 Å². The highest BCUT2D eigenvalue weighted by molar-refractivity contribution is 9.10. The molecule has 2 unspecified atom stereocenters. The quantitative estimate of drug-likeness (QED) is 0.740. The summed E-state index contributed by atoms with van der Waals surface area (Å²) in [5.74, 6) is 0.902. The predicted molar refractivity (Wildman–Crippen MR) is 66.6 cm³/mol. The van der Waals surface area contributed by atoms with Crippen LogP contribution in [0.25, 0.3) is 0 Å². The van der Waals surface area contributed by atoms with Crippen LogP contribution >= 0.6 is 27.5 Å². The number of ether oxygens (including phenoxy) is 1. The van der Waals surface area contributed by atoms with E-state index in [0.29, 0.717) is 0 Å². The van der Waals surface area contributed by atoms with Gasteiger partial charge >= 0.3 is 0 Å². The molecule has 0 saturated heterocycles. The van der Waals surface area contributed by atoms with Gasteiger partial charge in [-0.25, -0.2) is 0 Å². The normalized spacial score (nSPS) is 28.3. The van der Waals surface area contributed by atoms with E-state index in [4.69, 9.17) is 16.3 Å². The molecular formula is C12H14BrClO. The van der Waals surface area contributed by atoms with Crippen molar-refractivity contribution in [3.8, 4) is 5.75 Å². The summed E-state index contributed by atoms with van der Waals surface area (Å²) in [7, 11) is 0. The highest BCUT2D eigenvalue weighted by Crippen LogP contribution is 2.47. The fourth-order valence-corrected chi connectivity index (χ4v) is 2.41. The SMILES string of the molecule is CC1(C)C(Cl)CC1Oc1ccccc1Br. The molecule has 2 atom stereocenters. The maximum atomic E-state index is 6.15. The van der Waals surface area contributed by atoms with E-state index in [1.807, 2.05) is 24.3 Å². The van der Waals surface area contributed by atoms with Crippen molar-refractivity contribution in [1.29, 1.82) is 0 Å². The monoisotopic (exact) mass is 288 g/mol. The Hall–Kier alpha value is -0.210. The van der Waals surface area contributed by atoms with Crippen LogP contribution in [0.15, 0.2) is 28.7 Å². The van der Waals surface area contributed by atoms with Gasteiger partial charge in [0, 0.05) is 17.2 Å². The van der Waals surface area contributed by atoms with Crippen molar-refractivity contribution in [3.63, 3.8) is 0 Å². The molecule has 0 spiro atoms.